The van der Waals surface area contributed by atoms with Gasteiger partial charge in [-0.25, -0.2) is 0 Å². The van der Waals surface area contributed by atoms with Crippen molar-refractivity contribution in [1.29, 1.82) is 0 Å². The smallest absolute Gasteiger partial charge is 0.286 e. The van der Waals surface area contributed by atoms with Crippen LogP contribution in [0.15, 0.2) is 36.5 Å². The Morgan fingerprint density at radius 1 is 1.09 bits per heavy atom. The highest BCUT2D eigenvalue weighted by atomic mass is 32.1. The summed E-state index contributed by atoms with van der Waals surface area (Å²) in [6, 6.07) is 9.20. The zero-order valence-electron chi connectivity index (χ0n) is 19.4. The number of thiol groups is 1. The Kier molecular flexibility index (Phi) is 10.0. The van der Waals surface area contributed by atoms with Gasteiger partial charge in [0.1, 0.15) is 0 Å². The first-order valence-electron chi connectivity index (χ1n) is 10.9. The van der Waals surface area contributed by atoms with Gasteiger partial charge in [0.2, 0.25) is 11.9 Å². The Balaban J connectivity index is 0.000000245. The van der Waals surface area contributed by atoms with Crippen LogP contribution in [0.3, 0.4) is 0 Å². The third kappa shape index (κ3) is 7.96. The lowest BCUT2D eigenvalue weighted by atomic mass is 9.96. The van der Waals surface area contributed by atoms with Crippen molar-refractivity contribution in [3.8, 4) is 0 Å². The summed E-state index contributed by atoms with van der Waals surface area (Å²) in [6.45, 7) is 6.32. The van der Waals surface area contributed by atoms with E-state index in [1.807, 2.05) is 33.9 Å². The number of benzene rings is 1. The van der Waals surface area contributed by atoms with Gasteiger partial charge in [-0.3, -0.25) is 4.79 Å². The quantitative estimate of drug-likeness (QED) is 0.161. The minimum absolute atomic E-state index is 0.0101. The molecule has 1 amide bonds. The van der Waals surface area contributed by atoms with Gasteiger partial charge >= 0.3 is 0 Å². The van der Waals surface area contributed by atoms with Crippen LogP contribution in [0.2, 0.25) is 0 Å². The topological polar surface area (TPSA) is 129 Å². The molecule has 1 aromatic carbocycles. The number of amides is 1. The Bertz CT molecular complexity index is 1040. The van der Waals surface area contributed by atoms with Crippen LogP contribution >= 0.6 is 12.6 Å². The van der Waals surface area contributed by atoms with E-state index >= 15 is 0 Å². The Morgan fingerprint density at radius 3 is 2.30 bits per heavy atom. The van der Waals surface area contributed by atoms with Crippen LogP contribution in [0.25, 0.3) is 12.2 Å². The molecule has 0 saturated carbocycles. The van der Waals surface area contributed by atoms with Gasteiger partial charge in [0.25, 0.3) is 5.91 Å². The third-order valence-corrected chi connectivity index (χ3v) is 5.33. The number of carbonyl (C=O) groups is 1. The number of pyridine rings is 1. The fourth-order valence-corrected chi connectivity index (χ4v) is 3.68. The lowest BCUT2D eigenvalue weighted by Crippen LogP contribution is -2.59. The lowest BCUT2D eigenvalue weighted by molar-refractivity contribution is -0.697. The van der Waals surface area contributed by atoms with Crippen LogP contribution < -0.4 is 36.8 Å². The van der Waals surface area contributed by atoms with Crippen LogP contribution in [-0.4, -0.2) is 54.7 Å². The van der Waals surface area contributed by atoms with Crippen molar-refractivity contribution in [2.45, 2.75) is 20.4 Å². The second-order valence-corrected chi connectivity index (χ2v) is 8.85. The number of fused-ring (bicyclic) bond motifs is 1. The standard InChI is InChI=1S/C14H19N3OS.C10H16N2O2/c1-14(2)7-10-11(15)3-5-17(12(10)8-14)9-13(18)16-4-6-19;11-9-1-3-10(4-2-9)12(5-7-13)6-8-14/h3,5,7-8,15H,4,6,9H2,1-2H3,(H2,16,18,19);1-4,13-14H,5-8,11H2/p+1. The van der Waals surface area contributed by atoms with Gasteiger partial charge in [0, 0.05) is 48.2 Å². The number of hydrogen-bond donors (Lipinski definition) is 6. The first kappa shape index (κ1) is 26.5. The van der Waals surface area contributed by atoms with E-state index in [2.05, 4.69) is 43.9 Å². The van der Waals surface area contributed by atoms with Gasteiger partial charge in [0.05, 0.1) is 24.1 Å². The molecule has 0 atom stereocenters. The maximum atomic E-state index is 11.8. The second-order valence-electron chi connectivity index (χ2n) is 8.41. The zero-order chi connectivity index (χ0) is 24.4. The lowest BCUT2D eigenvalue weighted by Gasteiger charge is -2.22. The number of rotatable bonds is 9. The number of nitrogens with zero attached hydrogens (tertiary/aromatic N) is 2. The Morgan fingerprint density at radius 2 is 1.73 bits per heavy atom. The summed E-state index contributed by atoms with van der Waals surface area (Å²) >= 11 is 4.07. The number of hydrogen-bond acceptors (Lipinski definition) is 7. The van der Waals surface area contributed by atoms with Crippen LogP contribution in [0.5, 0.6) is 0 Å². The number of aliphatic hydroxyl groups is 2. The number of carbonyl (C=O) groups excluding carboxylic acids is 1. The van der Waals surface area contributed by atoms with E-state index in [-0.39, 0.29) is 24.5 Å². The number of aromatic nitrogens is 1. The molecule has 1 aromatic heterocycles. The summed E-state index contributed by atoms with van der Waals surface area (Å²) in [6.07, 6.45) is 6.14. The van der Waals surface area contributed by atoms with E-state index in [1.165, 1.54) is 0 Å². The van der Waals surface area contributed by atoms with Gasteiger partial charge in [0.15, 0.2) is 6.20 Å². The predicted molar refractivity (Wildman–Crippen MR) is 137 cm³/mol. The van der Waals surface area contributed by atoms with Gasteiger partial charge in [-0.2, -0.15) is 17.2 Å². The summed E-state index contributed by atoms with van der Waals surface area (Å²) in [5.74, 6) is 0.632. The predicted octanol–water partition coefficient (Wildman–Crippen LogP) is -0.737. The highest BCUT2D eigenvalue weighted by Crippen LogP contribution is 2.20. The molecule has 0 unspecified atom stereocenters. The highest BCUT2D eigenvalue weighted by molar-refractivity contribution is 7.80. The summed E-state index contributed by atoms with van der Waals surface area (Å²) in [7, 11) is 0. The van der Waals surface area contributed by atoms with Crippen LogP contribution in [0, 0.1) is 5.41 Å². The van der Waals surface area contributed by atoms with Crippen molar-refractivity contribution in [1.82, 2.24) is 5.32 Å². The van der Waals surface area contributed by atoms with E-state index in [1.54, 1.807) is 12.1 Å². The van der Waals surface area contributed by atoms with Crippen molar-refractivity contribution in [3.63, 3.8) is 0 Å². The Hall–Kier alpha value is -2.75. The van der Waals surface area contributed by atoms with E-state index in [0.717, 1.165) is 21.9 Å². The SMILES string of the molecule is CC1(C)C=c2c(N)cc[n+](CC(=O)NCCS)c2=C1.Nc1ccc(N(CCO)CCO)cc1. The molecule has 0 fully saturated rings. The number of aliphatic hydroxyl groups excluding tert-OH is 2. The van der Waals surface area contributed by atoms with Crippen molar-refractivity contribution in [3.05, 3.63) is 47.1 Å². The van der Waals surface area contributed by atoms with Crippen molar-refractivity contribution in [2.24, 2.45) is 5.41 Å². The minimum Gasteiger partial charge on any atom is -0.399 e. The first-order chi connectivity index (χ1) is 15.7. The summed E-state index contributed by atoms with van der Waals surface area (Å²) in [5, 5.41) is 22.5. The van der Waals surface area contributed by atoms with E-state index in [0.29, 0.717) is 37.6 Å². The van der Waals surface area contributed by atoms with Gasteiger partial charge in [-0.1, -0.05) is 19.9 Å². The molecule has 1 heterocycles. The third-order valence-electron chi connectivity index (χ3n) is 5.10. The maximum absolute atomic E-state index is 11.8. The van der Waals surface area contributed by atoms with Gasteiger partial charge in [-0.05, 0) is 30.3 Å². The number of nitrogen functional groups attached to an aromatic ring is 2. The first-order valence-corrected chi connectivity index (χ1v) is 11.6. The van der Waals surface area contributed by atoms with Gasteiger partial charge < -0.3 is 31.9 Å². The molecule has 8 nitrogen and oxygen atoms in total. The molecule has 2 aromatic rings. The van der Waals surface area contributed by atoms with Crippen LogP contribution in [-0.2, 0) is 11.3 Å². The average Bonchev–Trinajstić information content (AvgIpc) is 3.11. The summed E-state index contributed by atoms with van der Waals surface area (Å²) in [4.78, 5) is 13.7. The fraction of sp³-hybridized carbons (Fsp3) is 0.417. The van der Waals surface area contributed by atoms with E-state index < -0.39 is 0 Å². The van der Waals surface area contributed by atoms with E-state index in [9.17, 15) is 4.79 Å². The fourth-order valence-electron chi connectivity index (χ4n) is 3.57. The molecule has 1 aliphatic rings. The molecule has 0 saturated heterocycles. The monoisotopic (exact) mass is 474 g/mol. The highest BCUT2D eigenvalue weighted by Gasteiger charge is 2.23. The van der Waals surface area contributed by atoms with Crippen molar-refractivity contribution < 1.29 is 19.6 Å². The van der Waals surface area contributed by atoms with E-state index in [4.69, 9.17) is 21.7 Å². The van der Waals surface area contributed by atoms with Gasteiger partial charge in [-0.15, -0.1) is 0 Å². The molecule has 7 N–H and O–H groups in total. The molecule has 0 bridgehead atoms. The maximum Gasteiger partial charge on any atom is 0.286 e. The largest absolute Gasteiger partial charge is 0.399 e. The second kappa shape index (κ2) is 12.5. The molecule has 9 heteroatoms. The van der Waals surface area contributed by atoms with Crippen molar-refractivity contribution in [2.75, 3.05) is 55.0 Å². The molecule has 1 aliphatic carbocycles. The molecular weight excluding hydrogens is 438 g/mol. The molecule has 3 rings (SSSR count). The molecule has 33 heavy (non-hydrogen) atoms. The van der Waals surface area contributed by atoms with Crippen LogP contribution in [0.4, 0.5) is 17.1 Å². The zero-order valence-corrected chi connectivity index (χ0v) is 20.3. The summed E-state index contributed by atoms with van der Waals surface area (Å²) < 4.78 is 1.94. The number of nitrogens with two attached hydrogens (primary N) is 2. The number of anilines is 3. The normalized spacial score (nSPS) is 13.1. The Labute approximate surface area is 200 Å². The molecule has 180 valence electrons. The molecule has 0 radical (unpaired) electrons. The van der Waals surface area contributed by atoms with Crippen molar-refractivity contribution >= 4 is 47.8 Å². The molecule has 0 aliphatic heterocycles. The molecule has 0 spiro atoms. The average molecular weight is 475 g/mol. The minimum atomic E-state index is -0.0267. The molecular formula is C24H36N5O3S+. The van der Waals surface area contributed by atoms with Crippen LogP contribution in [0.1, 0.15) is 13.8 Å². The number of nitrogens with one attached hydrogen (secondary N) is 1. The summed E-state index contributed by atoms with van der Waals surface area (Å²) in [5.41, 5.74) is 14.0.